The molecule has 0 fully saturated rings. The molecular weight excluding hydrogens is 516 g/mol. The number of hydrogen-bond acceptors (Lipinski definition) is 5. The lowest BCUT2D eigenvalue weighted by Crippen LogP contribution is -2.42. The second-order valence-electron chi connectivity index (χ2n) is 9.02. The fourth-order valence-corrected chi connectivity index (χ4v) is 5.49. The number of H-pyrrole nitrogens is 1. The molecule has 2 atom stereocenters. The molecule has 0 bridgehead atoms. The molecule has 4 aromatic rings. The van der Waals surface area contributed by atoms with Crippen molar-refractivity contribution in [3.63, 3.8) is 0 Å². The van der Waals surface area contributed by atoms with Crippen LogP contribution in [0.5, 0.6) is 0 Å². The van der Waals surface area contributed by atoms with Crippen LogP contribution in [0, 0.1) is 5.82 Å². The number of hydrogen-bond donors (Lipinski definition) is 3. The van der Waals surface area contributed by atoms with Crippen LogP contribution in [0.3, 0.4) is 0 Å². The van der Waals surface area contributed by atoms with E-state index in [1.54, 1.807) is 11.0 Å². The van der Waals surface area contributed by atoms with Gasteiger partial charge in [0.05, 0.1) is 35.2 Å². The van der Waals surface area contributed by atoms with Gasteiger partial charge in [0.25, 0.3) is 5.56 Å². The first-order valence-corrected chi connectivity index (χ1v) is 12.5. The highest BCUT2D eigenvalue weighted by atomic mass is 35.5. The van der Waals surface area contributed by atoms with Gasteiger partial charge in [-0.05, 0) is 54.3 Å². The number of aromatic amines is 1. The molecule has 0 radical (unpaired) electrons. The molecule has 3 aromatic carbocycles. The summed E-state index contributed by atoms with van der Waals surface area (Å²) in [4.78, 5) is 34.6. The van der Waals surface area contributed by atoms with Gasteiger partial charge in [0.15, 0.2) is 0 Å². The van der Waals surface area contributed by atoms with Crippen molar-refractivity contribution >= 4 is 45.7 Å². The van der Waals surface area contributed by atoms with E-state index < -0.39 is 17.4 Å². The van der Waals surface area contributed by atoms with Crippen molar-refractivity contribution in [1.82, 2.24) is 14.9 Å². The predicted octanol–water partition coefficient (Wildman–Crippen LogP) is 4.97. The molecule has 10 heteroatoms. The zero-order valence-corrected chi connectivity index (χ0v) is 21.4. The lowest BCUT2D eigenvalue weighted by atomic mass is 9.93. The molecule has 1 aliphatic heterocycles. The Balaban J connectivity index is 1.37. The Bertz CT molecular complexity index is 1560. The quantitative estimate of drug-likeness (QED) is 0.332. The largest absolute Gasteiger partial charge is 0.374 e. The number of nitrogens with zero attached hydrogens (tertiary/aromatic N) is 2. The zero-order valence-electron chi connectivity index (χ0n) is 19.9. The molecule has 0 spiro atoms. The number of carbonyl (C=O) groups is 1. The monoisotopic (exact) mass is 539 g/mol. The summed E-state index contributed by atoms with van der Waals surface area (Å²) in [6.45, 7) is 2.25. The highest BCUT2D eigenvalue weighted by molar-refractivity contribution is 6.35. The predicted molar refractivity (Wildman–Crippen MR) is 144 cm³/mol. The maximum Gasteiger partial charge on any atom is 0.258 e. The van der Waals surface area contributed by atoms with E-state index in [1.165, 1.54) is 6.07 Å². The molecule has 37 heavy (non-hydrogen) atoms. The summed E-state index contributed by atoms with van der Waals surface area (Å²) in [6.07, 6.45) is 0.618. The number of fused-ring (bicyclic) bond motifs is 2. The minimum atomic E-state index is -0.664. The average Bonchev–Trinajstić information content (AvgIpc) is 2.87. The summed E-state index contributed by atoms with van der Waals surface area (Å²) in [5.41, 5.74) is 8.80. The Kier molecular flexibility index (Phi) is 6.90. The van der Waals surface area contributed by atoms with Gasteiger partial charge < -0.3 is 20.9 Å². The molecule has 4 N–H and O–H groups in total. The number of rotatable bonds is 5. The van der Waals surface area contributed by atoms with Gasteiger partial charge in [-0.1, -0.05) is 53.5 Å². The first kappa shape index (κ1) is 25.2. The molecule has 0 aliphatic carbocycles. The fourth-order valence-electron chi connectivity index (χ4n) is 4.79. The normalized spacial score (nSPS) is 15.9. The minimum Gasteiger partial charge on any atom is -0.374 e. The van der Waals surface area contributed by atoms with Crippen LogP contribution in [-0.2, 0) is 11.2 Å². The molecule has 190 valence electrons. The Hall–Kier alpha value is -3.46. The topological polar surface area (TPSA) is 104 Å². The van der Waals surface area contributed by atoms with E-state index in [0.29, 0.717) is 23.0 Å². The van der Waals surface area contributed by atoms with Crippen LogP contribution >= 0.6 is 23.2 Å². The number of halogens is 3. The van der Waals surface area contributed by atoms with Gasteiger partial charge in [-0.2, -0.15) is 0 Å². The number of amides is 1. The SMILES string of the molecule is CC1c2c(Cl)cc(Cl)cc2CCN1C(=O)CNc1cc2nc([C@@H](N)c3ccccc3)[nH]c(=O)c2cc1F. The number of nitrogens with two attached hydrogens (primary N) is 1. The first-order valence-electron chi connectivity index (χ1n) is 11.8. The molecule has 1 aromatic heterocycles. The van der Waals surface area contributed by atoms with Crippen LogP contribution in [0.4, 0.5) is 10.1 Å². The number of benzene rings is 3. The first-order chi connectivity index (χ1) is 17.7. The van der Waals surface area contributed by atoms with E-state index in [-0.39, 0.29) is 40.9 Å². The van der Waals surface area contributed by atoms with Gasteiger partial charge >= 0.3 is 0 Å². The molecular formula is C27H24Cl2FN5O2. The van der Waals surface area contributed by atoms with Gasteiger partial charge in [-0.25, -0.2) is 9.37 Å². The highest BCUT2D eigenvalue weighted by Gasteiger charge is 2.29. The summed E-state index contributed by atoms with van der Waals surface area (Å²) in [5.74, 6) is -0.619. The molecule has 1 unspecified atom stereocenters. The van der Waals surface area contributed by atoms with Gasteiger partial charge in [0, 0.05) is 16.6 Å². The second kappa shape index (κ2) is 10.1. The molecule has 1 amide bonds. The van der Waals surface area contributed by atoms with Crippen LogP contribution in [0.2, 0.25) is 10.0 Å². The van der Waals surface area contributed by atoms with Crippen LogP contribution < -0.4 is 16.6 Å². The Morgan fingerprint density at radius 2 is 2.00 bits per heavy atom. The smallest absolute Gasteiger partial charge is 0.258 e. The Labute approximate surface area is 222 Å². The van der Waals surface area contributed by atoms with E-state index in [4.69, 9.17) is 28.9 Å². The highest BCUT2D eigenvalue weighted by Crippen LogP contribution is 2.37. The Morgan fingerprint density at radius 1 is 1.24 bits per heavy atom. The number of anilines is 1. The summed E-state index contributed by atoms with van der Waals surface area (Å²) < 4.78 is 14.9. The molecule has 0 saturated carbocycles. The van der Waals surface area contributed by atoms with Gasteiger partial charge in [0.1, 0.15) is 11.6 Å². The number of carbonyl (C=O) groups excluding carboxylic acids is 1. The summed E-state index contributed by atoms with van der Waals surface area (Å²) in [6, 6.07) is 14.4. The molecule has 0 saturated heterocycles. The lowest BCUT2D eigenvalue weighted by Gasteiger charge is -2.36. The van der Waals surface area contributed by atoms with Crippen molar-refractivity contribution in [3.05, 3.63) is 103 Å². The molecule has 2 heterocycles. The minimum absolute atomic E-state index is 0.0630. The summed E-state index contributed by atoms with van der Waals surface area (Å²) in [5, 5.41) is 4.03. The van der Waals surface area contributed by atoms with Crippen molar-refractivity contribution in [2.75, 3.05) is 18.4 Å². The zero-order chi connectivity index (χ0) is 26.3. The molecule has 1 aliphatic rings. The van der Waals surface area contributed by atoms with Gasteiger partial charge in [-0.3, -0.25) is 9.59 Å². The van der Waals surface area contributed by atoms with Crippen LogP contribution in [0.1, 0.15) is 41.5 Å². The van der Waals surface area contributed by atoms with Crippen molar-refractivity contribution in [1.29, 1.82) is 0 Å². The van der Waals surface area contributed by atoms with Crippen LogP contribution in [0.25, 0.3) is 10.9 Å². The van der Waals surface area contributed by atoms with Crippen molar-refractivity contribution in [3.8, 4) is 0 Å². The van der Waals surface area contributed by atoms with Crippen molar-refractivity contribution in [2.24, 2.45) is 5.73 Å². The van der Waals surface area contributed by atoms with E-state index in [0.717, 1.165) is 22.8 Å². The summed E-state index contributed by atoms with van der Waals surface area (Å²) in [7, 11) is 0. The van der Waals surface area contributed by atoms with E-state index >= 15 is 0 Å². The van der Waals surface area contributed by atoms with Crippen molar-refractivity contribution in [2.45, 2.75) is 25.4 Å². The summed E-state index contributed by atoms with van der Waals surface area (Å²) >= 11 is 12.5. The van der Waals surface area contributed by atoms with Gasteiger partial charge in [-0.15, -0.1) is 0 Å². The van der Waals surface area contributed by atoms with Crippen LogP contribution in [-0.4, -0.2) is 33.9 Å². The van der Waals surface area contributed by atoms with E-state index in [1.807, 2.05) is 43.3 Å². The average molecular weight is 540 g/mol. The fraction of sp³-hybridized carbons (Fsp3) is 0.222. The second-order valence-corrected chi connectivity index (χ2v) is 9.86. The number of nitrogens with one attached hydrogen (secondary N) is 2. The van der Waals surface area contributed by atoms with Crippen LogP contribution in [0.15, 0.2) is 59.4 Å². The molecule has 5 rings (SSSR count). The lowest BCUT2D eigenvalue weighted by molar-refractivity contribution is -0.131. The third-order valence-corrected chi connectivity index (χ3v) is 7.23. The third kappa shape index (κ3) is 4.92. The maximum absolute atomic E-state index is 14.9. The Morgan fingerprint density at radius 3 is 2.76 bits per heavy atom. The standard InChI is InChI=1S/C27H24Cl2FN5O2/c1-14-24-16(9-17(28)10-19(24)29)7-8-35(14)23(36)13-32-22-12-21-18(11-20(22)30)27(37)34-26(33-21)25(31)15-5-3-2-4-6-15/h2-6,9-12,14,25,32H,7-8,13,31H2,1H3,(H,33,34,37)/t14?,25-/m0/s1. The van der Waals surface area contributed by atoms with E-state index in [2.05, 4.69) is 15.3 Å². The van der Waals surface area contributed by atoms with Crippen molar-refractivity contribution < 1.29 is 9.18 Å². The third-order valence-electron chi connectivity index (χ3n) is 6.70. The maximum atomic E-state index is 14.9. The van der Waals surface area contributed by atoms with Gasteiger partial charge in [0.2, 0.25) is 5.91 Å². The molecule has 7 nitrogen and oxygen atoms in total. The number of aromatic nitrogens is 2. The van der Waals surface area contributed by atoms with E-state index in [9.17, 15) is 14.0 Å².